The fourth-order valence-electron chi connectivity index (χ4n) is 3.81. The summed E-state index contributed by atoms with van der Waals surface area (Å²) in [5, 5.41) is 40.0. The number of benzene rings is 2. The van der Waals surface area contributed by atoms with Crippen LogP contribution in [0.1, 0.15) is 36.7 Å². The number of aryl methyl sites for hydroxylation is 2. The van der Waals surface area contributed by atoms with Gasteiger partial charge in [0.2, 0.25) is 0 Å². The second kappa shape index (κ2) is 7.81. The van der Waals surface area contributed by atoms with Crippen LogP contribution in [0.15, 0.2) is 36.4 Å². The van der Waals surface area contributed by atoms with Crippen LogP contribution in [0.3, 0.4) is 0 Å². The Labute approximate surface area is 166 Å². The van der Waals surface area contributed by atoms with Crippen molar-refractivity contribution in [3.8, 4) is 5.75 Å². The minimum atomic E-state index is -1.87. The first-order valence-corrected chi connectivity index (χ1v) is 9.39. The zero-order valence-corrected chi connectivity index (χ0v) is 15.6. The van der Waals surface area contributed by atoms with E-state index in [0.717, 1.165) is 18.4 Å². The number of aliphatic hydroxyl groups is 4. The van der Waals surface area contributed by atoms with Gasteiger partial charge in [-0.3, -0.25) is 0 Å². The summed E-state index contributed by atoms with van der Waals surface area (Å²) in [6.07, 6.45) is -6.41. The van der Waals surface area contributed by atoms with Crippen LogP contribution < -0.4 is 4.74 Å². The molecule has 2 aliphatic rings. The smallest absolute Gasteiger partial charge is 0.122 e. The second-order valence-corrected chi connectivity index (χ2v) is 7.32. The summed E-state index contributed by atoms with van der Waals surface area (Å²) >= 11 is 0. The summed E-state index contributed by atoms with van der Waals surface area (Å²) in [6, 6.07) is 10.3. The maximum absolute atomic E-state index is 10.4. The Morgan fingerprint density at radius 3 is 2.46 bits per heavy atom. The number of fused-ring (bicyclic) bond motifs is 1. The Morgan fingerprint density at radius 1 is 1.04 bits per heavy atom. The molecule has 1 aliphatic heterocycles. The third-order valence-electron chi connectivity index (χ3n) is 5.59. The lowest BCUT2D eigenvalue weighted by Crippen LogP contribution is -2.55. The van der Waals surface area contributed by atoms with E-state index in [0.29, 0.717) is 16.9 Å². The highest BCUT2D eigenvalue weighted by Crippen LogP contribution is 2.35. The van der Waals surface area contributed by atoms with Crippen molar-refractivity contribution in [3.05, 3.63) is 64.2 Å². The van der Waals surface area contributed by atoms with Crippen LogP contribution in [-0.4, -0.2) is 58.6 Å². The lowest BCUT2D eigenvalue weighted by Gasteiger charge is -2.40. The number of ether oxygens (including phenoxy) is 2. The molecule has 6 heteroatoms. The van der Waals surface area contributed by atoms with Gasteiger partial charge in [-0.1, -0.05) is 24.3 Å². The second-order valence-electron chi connectivity index (χ2n) is 7.32. The van der Waals surface area contributed by atoms with Gasteiger partial charge >= 0.3 is 0 Å². The van der Waals surface area contributed by atoms with Crippen LogP contribution in [0.2, 0.25) is 0 Å². The molecule has 2 aromatic rings. The number of methoxy groups -OCH3 is 1. The molecule has 0 saturated carbocycles. The quantitative estimate of drug-likeness (QED) is 0.607. The van der Waals surface area contributed by atoms with Crippen molar-refractivity contribution < 1.29 is 32.6 Å². The van der Waals surface area contributed by atoms with Crippen molar-refractivity contribution in [2.75, 3.05) is 13.7 Å². The minimum absolute atomic E-state index is 0.263. The molecule has 5 atom stereocenters. The van der Waals surface area contributed by atoms with Gasteiger partial charge in [-0.2, -0.15) is 0 Å². The van der Waals surface area contributed by atoms with Crippen molar-refractivity contribution in [2.24, 2.45) is 0 Å². The molecule has 1 fully saturated rings. The third-order valence-corrected chi connectivity index (χ3v) is 5.59. The van der Waals surface area contributed by atoms with Crippen molar-refractivity contribution in [3.63, 3.8) is 0 Å². The highest BCUT2D eigenvalue weighted by atomic mass is 16.5. The molecule has 4 rings (SSSR count). The lowest BCUT2D eigenvalue weighted by molar-refractivity contribution is -0.231. The van der Waals surface area contributed by atoms with Crippen molar-refractivity contribution in [2.45, 2.75) is 49.7 Å². The average Bonchev–Trinajstić information content (AvgIpc) is 2.72. The zero-order chi connectivity index (χ0) is 21.6. The van der Waals surface area contributed by atoms with Gasteiger partial charge in [-0.15, -0.1) is 0 Å². The van der Waals surface area contributed by atoms with Gasteiger partial charge in [0.15, 0.2) is 0 Å². The van der Waals surface area contributed by atoms with E-state index in [4.69, 9.17) is 12.2 Å². The van der Waals surface area contributed by atoms with Crippen LogP contribution in [0, 0.1) is 0 Å². The molecule has 0 bridgehead atoms. The van der Waals surface area contributed by atoms with Gasteiger partial charge in [-0.25, -0.2) is 0 Å². The molecule has 1 heterocycles. The van der Waals surface area contributed by atoms with Crippen LogP contribution in [0.25, 0.3) is 0 Å². The van der Waals surface area contributed by atoms with Crippen LogP contribution in [0.4, 0.5) is 0 Å². The summed E-state index contributed by atoms with van der Waals surface area (Å²) in [7, 11) is 1.46. The largest absolute Gasteiger partial charge is 0.496 e. The maximum Gasteiger partial charge on any atom is 0.122 e. The Balaban J connectivity index is 1.74. The van der Waals surface area contributed by atoms with E-state index in [1.54, 1.807) is 24.3 Å². The van der Waals surface area contributed by atoms with Gasteiger partial charge in [0.05, 0.1) is 13.7 Å². The molecule has 0 amide bonds. The predicted molar refractivity (Wildman–Crippen MR) is 102 cm³/mol. The van der Waals surface area contributed by atoms with Crippen LogP contribution in [0.5, 0.6) is 5.75 Å². The van der Waals surface area contributed by atoms with Gasteiger partial charge in [-0.05, 0) is 52.8 Å². The molecule has 0 radical (unpaired) electrons. The number of hydrogen-bond donors (Lipinski definition) is 4. The van der Waals surface area contributed by atoms with E-state index in [1.165, 1.54) is 12.7 Å². The minimum Gasteiger partial charge on any atom is -0.496 e. The van der Waals surface area contributed by atoms with E-state index in [9.17, 15) is 20.4 Å². The first-order chi connectivity index (χ1) is 14.3. The molecule has 1 aliphatic carbocycles. The van der Waals surface area contributed by atoms with E-state index in [-0.39, 0.29) is 5.56 Å². The summed E-state index contributed by atoms with van der Waals surface area (Å²) < 4.78 is 28.6. The molecule has 0 unspecified atom stereocenters. The van der Waals surface area contributed by atoms with Gasteiger partial charge in [0.1, 0.15) is 36.3 Å². The predicted octanol–water partition coefficient (Wildman–Crippen LogP) is 0.899. The Bertz CT molecular complexity index is 932. The van der Waals surface area contributed by atoms with Crippen LogP contribution >= 0.6 is 0 Å². The standard InChI is InChI=1S/C22H26O6/c1-27-17-7-6-15(22-21(26)20(25)19(24)18(11-23)28-22)10-16(17)9-12-2-3-13-4-5-14(13)8-12/h2-3,6-8,10,18-26H,4-5,9,11H2,1H3/t18-,19-,20+,21-,22+/m1/s1/i9D2. The molecular weight excluding hydrogens is 360 g/mol. The highest BCUT2D eigenvalue weighted by Gasteiger charge is 2.44. The molecule has 1 saturated heterocycles. The SMILES string of the molecule is [2H]C([2H])(c1ccc2c(c1)CC2)c1cc([C@@H]2O[C@H](CO)[C@@H](O)[C@H](O)[C@H]2O)ccc1OC. The molecular formula is C22H26O6. The summed E-state index contributed by atoms with van der Waals surface area (Å²) in [5.41, 5.74) is 3.55. The lowest BCUT2D eigenvalue weighted by atomic mass is 9.86. The molecule has 0 aromatic heterocycles. The van der Waals surface area contributed by atoms with E-state index in [2.05, 4.69) is 0 Å². The van der Waals surface area contributed by atoms with Gasteiger partial charge in [0, 0.05) is 9.11 Å². The van der Waals surface area contributed by atoms with E-state index >= 15 is 0 Å². The number of aliphatic hydroxyl groups excluding tert-OH is 4. The van der Waals surface area contributed by atoms with Gasteiger partial charge in [0.25, 0.3) is 0 Å². The fourth-order valence-corrected chi connectivity index (χ4v) is 3.81. The van der Waals surface area contributed by atoms with Gasteiger partial charge < -0.3 is 29.9 Å². The Morgan fingerprint density at radius 2 is 1.82 bits per heavy atom. The van der Waals surface area contributed by atoms with Crippen LogP contribution in [-0.2, 0) is 24.0 Å². The number of rotatable bonds is 5. The monoisotopic (exact) mass is 388 g/mol. The molecule has 0 spiro atoms. The average molecular weight is 388 g/mol. The molecule has 4 N–H and O–H groups in total. The summed E-state index contributed by atoms with van der Waals surface area (Å²) in [5.74, 6) is 0.344. The first kappa shape index (κ1) is 16.9. The fraction of sp³-hybridized carbons (Fsp3) is 0.455. The van der Waals surface area contributed by atoms with Crippen molar-refractivity contribution in [1.29, 1.82) is 0 Å². The Hall–Kier alpha value is -1.96. The Kier molecular flexibility index (Phi) is 4.73. The van der Waals surface area contributed by atoms with E-state index < -0.39 is 43.5 Å². The van der Waals surface area contributed by atoms with E-state index in [1.807, 2.05) is 12.1 Å². The first-order valence-electron chi connectivity index (χ1n) is 10.4. The maximum atomic E-state index is 10.4. The summed E-state index contributed by atoms with van der Waals surface area (Å²) in [4.78, 5) is 0. The molecule has 150 valence electrons. The normalized spacial score (nSPS) is 30.7. The third kappa shape index (κ3) is 3.43. The highest BCUT2D eigenvalue weighted by molar-refractivity contribution is 5.45. The summed E-state index contributed by atoms with van der Waals surface area (Å²) in [6.45, 7) is -0.527. The number of hydrogen-bond acceptors (Lipinski definition) is 6. The van der Waals surface area contributed by atoms with Crippen molar-refractivity contribution in [1.82, 2.24) is 0 Å². The molecule has 6 nitrogen and oxygen atoms in total. The topological polar surface area (TPSA) is 99.4 Å². The van der Waals surface area contributed by atoms with Crippen molar-refractivity contribution >= 4 is 0 Å². The zero-order valence-electron chi connectivity index (χ0n) is 17.6. The molecule has 28 heavy (non-hydrogen) atoms. The molecule has 2 aromatic carbocycles.